The van der Waals surface area contributed by atoms with Crippen molar-refractivity contribution in [2.75, 3.05) is 32.1 Å². The number of fused-ring (bicyclic) bond motifs is 1. The van der Waals surface area contributed by atoms with E-state index < -0.39 is 9.84 Å². The average molecular weight is 468 g/mol. The minimum Gasteiger partial charge on any atom is -0.361 e. The van der Waals surface area contributed by atoms with E-state index in [1.807, 2.05) is 6.20 Å². The molecule has 0 aliphatic heterocycles. The number of hydrogen-bond acceptors (Lipinski definition) is 3. The number of guanidine groups is 1. The fourth-order valence-electron chi connectivity index (χ4n) is 2.25. The lowest BCUT2D eigenvalue weighted by atomic mass is 10.1. The van der Waals surface area contributed by atoms with Crippen molar-refractivity contribution < 1.29 is 12.8 Å². The third-order valence-electron chi connectivity index (χ3n) is 3.41. The van der Waals surface area contributed by atoms with Gasteiger partial charge in [0.2, 0.25) is 0 Å². The molecule has 0 spiro atoms. The molecule has 24 heavy (non-hydrogen) atoms. The highest BCUT2D eigenvalue weighted by atomic mass is 127. The third kappa shape index (κ3) is 6.27. The molecule has 0 aliphatic carbocycles. The Bertz CT molecular complexity index is 805. The van der Waals surface area contributed by atoms with Crippen molar-refractivity contribution in [3.05, 3.63) is 35.8 Å². The first-order valence-corrected chi connectivity index (χ1v) is 9.33. The number of nitrogens with one attached hydrogen (secondary N) is 3. The van der Waals surface area contributed by atoms with E-state index in [2.05, 4.69) is 20.6 Å². The SMILES string of the molecule is CN=C(NCCc1c[nH]c2ccc(F)cc12)NCCS(C)(=O)=O.I. The average Bonchev–Trinajstić information content (AvgIpc) is 2.87. The molecule has 0 unspecified atom stereocenters. The van der Waals surface area contributed by atoms with E-state index in [0.29, 0.717) is 25.5 Å². The number of halogens is 2. The Morgan fingerprint density at radius 3 is 2.67 bits per heavy atom. The van der Waals surface area contributed by atoms with Gasteiger partial charge in [-0.1, -0.05) is 0 Å². The number of aromatic amines is 1. The van der Waals surface area contributed by atoms with Crippen LogP contribution >= 0.6 is 24.0 Å². The van der Waals surface area contributed by atoms with Crippen LogP contribution in [0.2, 0.25) is 0 Å². The van der Waals surface area contributed by atoms with Crippen molar-refractivity contribution >= 4 is 50.7 Å². The number of hydrogen-bond donors (Lipinski definition) is 3. The van der Waals surface area contributed by atoms with Gasteiger partial charge in [-0.15, -0.1) is 24.0 Å². The lowest BCUT2D eigenvalue weighted by Crippen LogP contribution is -2.40. The summed E-state index contributed by atoms with van der Waals surface area (Å²) in [7, 11) is -1.38. The Balaban J connectivity index is 0.00000288. The Hall–Kier alpha value is -1.36. The van der Waals surface area contributed by atoms with Gasteiger partial charge in [-0.05, 0) is 30.2 Å². The predicted molar refractivity (Wildman–Crippen MR) is 106 cm³/mol. The predicted octanol–water partition coefficient (Wildman–Crippen LogP) is 1.68. The maximum Gasteiger partial charge on any atom is 0.191 e. The van der Waals surface area contributed by atoms with Crippen LogP contribution in [0, 0.1) is 5.82 Å². The zero-order valence-corrected chi connectivity index (χ0v) is 16.7. The number of aliphatic imine (C=N–C) groups is 1. The van der Waals surface area contributed by atoms with Gasteiger partial charge in [-0.25, -0.2) is 12.8 Å². The summed E-state index contributed by atoms with van der Waals surface area (Å²) >= 11 is 0. The van der Waals surface area contributed by atoms with Gasteiger partial charge >= 0.3 is 0 Å². The lowest BCUT2D eigenvalue weighted by molar-refractivity contribution is 0.600. The smallest absolute Gasteiger partial charge is 0.191 e. The van der Waals surface area contributed by atoms with Gasteiger partial charge in [0.15, 0.2) is 5.96 Å². The molecule has 0 saturated carbocycles. The zero-order valence-electron chi connectivity index (χ0n) is 13.6. The molecule has 1 heterocycles. The van der Waals surface area contributed by atoms with Gasteiger partial charge in [0.1, 0.15) is 15.7 Å². The molecule has 6 nitrogen and oxygen atoms in total. The molecule has 134 valence electrons. The highest BCUT2D eigenvalue weighted by molar-refractivity contribution is 14.0. The Kier molecular flexibility index (Phi) is 7.94. The first-order chi connectivity index (χ1) is 10.9. The van der Waals surface area contributed by atoms with Crippen LogP contribution in [-0.2, 0) is 16.3 Å². The normalized spacial score (nSPS) is 12.0. The molecule has 0 aliphatic rings. The molecule has 2 rings (SSSR count). The minimum absolute atomic E-state index is 0. The highest BCUT2D eigenvalue weighted by Gasteiger charge is 2.06. The van der Waals surface area contributed by atoms with E-state index in [1.165, 1.54) is 18.4 Å². The molecule has 0 bridgehead atoms. The number of rotatable bonds is 6. The van der Waals surface area contributed by atoms with Gasteiger partial charge in [-0.3, -0.25) is 4.99 Å². The van der Waals surface area contributed by atoms with E-state index >= 15 is 0 Å². The molecular weight excluding hydrogens is 446 g/mol. The van der Waals surface area contributed by atoms with Gasteiger partial charge in [0, 0.05) is 43.5 Å². The molecular formula is C15H22FIN4O2S. The second-order valence-corrected chi connectivity index (χ2v) is 7.57. The largest absolute Gasteiger partial charge is 0.361 e. The Morgan fingerprint density at radius 1 is 1.29 bits per heavy atom. The van der Waals surface area contributed by atoms with E-state index in [-0.39, 0.29) is 35.5 Å². The molecule has 0 radical (unpaired) electrons. The van der Waals surface area contributed by atoms with Crippen molar-refractivity contribution in [1.82, 2.24) is 15.6 Å². The molecule has 0 amide bonds. The number of nitrogens with zero attached hydrogens (tertiary/aromatic N) is 1. The Morgan fingerprint density at radius 2 is 2.00 bits per heavy atom. The van der Waals surface area contributed by atoms with Crippen LogP contribution < -0.4 is 10.6 Å². The first-order valence-electron chi connectivity index (χ1n) is 7.27. The molecule has 2 aromatic rings. The molecule has 0 atom stereocenters. The summed E-state index contributed by atoms with van der Waals surface area (Å²) in [4.78, 5) is 7.15. The van der Waals surface area contributed by atoms with Gasteiger partial charge in [0.05, 0.1) is 5.75 Å². The fourth-order valence-corrected chi connectivity index (χ4v) is 2.72. The summed E-state index contributed by atoms with van der Waals surface area (Å²) in [5.74, 6) is 0.333. The van der Waals surface area contributed by atoms with Crippen LogP contribution in [-0.4, -0.2) is 51.5 Å². The number of benzene rings is 1. The zero-order chi connectivity index (χ0) is 16.9. The molecule has 1 aromatic carbocycles. The van der Waals surface area contributed by atoms with Crippen molar-refractivity contribution in [2.45, 2.75) is 6.42 Å². The van der Waals surface area contributed by atoms with Gasteiger partial charge < -0.3 is 15.6 Å². The fraction of sp³-hybridized carbons (Fsp3) is 0.400. The number of aromatic nitrogens is 1. The Labute approximate surface area is 158 Å². The van der Waals surface area contributed by atoms with Crippen LogP contribution in [0.15, 0.2) is 29.4 Å². The van der Waals surface area contributed by atoms with Crippen LogP contribution in [0.3, 0.4) is 0 Å². The summed E-state index contributed by atoms with van der Waals surface area (Å²) in [6.45, 7) is 0.902. The van der Waals surface area contributed by atoms with Crippen molar-refractivity contribution in [2.24, 2.45) is 4.99 Å². The van der Waals surface area contributed by atoms with E-state index in [4.69, 9.17) is 0 Å². The quantitative estimate of drug-likeness (QED) is 0.342. The van der Waals surface area contributed by atoms with E-state index in [0.717, 1.165) is 16.5 Å². The minimum atomic E-state index is -3.00. The van der Waals surface area contributed by atoms with Crippen LogP contribution in [0.4, 0.5) is 4.39 Å². The van der Waals surface area contributed by atoms with Crippen LogP contribution in [0.1, 0.15) is 5.56 Å². The maximum atomic E-state index is 13.3. The van der Waals surface area contributed by atoms with Crippen molar-refractivity contribution in [3.8, 4) is 0 Å². The highest BCUT2D eigenvalue weighted by Crippen LogP contribution is 2.19. The summed E-state index contributed by atoms with van der Waals surface area (Å²) in [5, 5.41) is 6.92. The third-order valence-corrected chi connectivity index (χ3v) is 4.35. The van der Waals surface area contributed by atoms with Gasteiger partial charge in [-0.2, -0.15) is 0 Å². The molecule has 1 aromatic heterocycles. The second kappa shape index (κ2) is 9.21. The topological polar surface area (TPSA) is 86.3 Å². The monoisotopic (exact) mass is 468 g/mol. The van der Waals surface area contributed by atoms with Gasteiger partial charge in [0.25, 0.3) is 0 Å². The standard InChI is InChI=1S/C15H21FN4O2S.HI/c1-17-15(19-7-8-23(2,21)22)18-6-5-11-10-20-14-4-3-12(16)9-13(11)14;/h3-4,9-10,20H,5-8H2,1-2H3,(H2,17,18,19);1H. The van der Waals surface area contributed by atoms with E-state index in [9.17, 15) is 12.8 Å². The maximum absolute atomic E-state index is 13.3. The first kappa shape index (κ1) is 20.7. The summed E-state index contributed by atoms with van der Waals surface area (Å²) in [6.07, 6.45) is 3.75. The number of H-pyrrole nitrogens is 1. The van der Waals surface area contributed by atoms with E-state index in [1.54, 1.807) is 13.1 Å². The summed E-state index contributed by atoms with van der Waals surface area (Å²) in [5.41, 5.74) is 1.91. The lowest BCUT2D eigenvalue weighted by Gasteiger charge is -2.11. The summed E-state index contributed by atoms with van der Waals surface area (Å²) in [6, 6.07) is 4.65. The summed E-state index contributed by atoms with van der Waals surface area (Å²) < 4.78 is 35.5. The van der Waals surface area contributed by atoms with Crippen LogP contribution in [0.25, 0.3) is 10.9 Å². The van der Waals surface area contributed by atoms with Crippen molar-refractivity contribution in [1.29, 1.82) is 0 Å². The second-order valence-electron chi connectivity index (χ2n) is 5.31. The molecule has 9 heteroatoms. The van der Waals surface area contributed by atoms with Crippen molar-refractivity contribution in [3.63, 3.8) is 0 Å². The molecule has 0 saturated heterocycles. The van der Waals surface area contributed by atoms with Crippen LogP contribution in [0.5, 0.6) is 0 Å². The number of sulfone groups is 1. The molecule has 3 N–H and O–H groups in total. The molecule has 0 fully saturated rings.